The molecule has 1 amide bonds. The number of hydrogen-bond donors (Lipinski definition) is 0. The van der Waals surface area contributed by atoms with Crippen molar-refractivity contribution in [2.24, 2.45) is 5.92 Å². The lowest BCUT2D eigenvalue weighted by atomic mass is 9.80. The van der Waals surface area contributed by atoms with Crippen LogP contribution in [0.2, 0.25) is 0 Å². The van der Waals surface area contributed by atoms with Crippen molar-refractivity contribution < 1.29 is 19.1 Å². The number of ether oxygens (including phenoxy) is 2. The minimum Gasteiger partial charge on any atom is -0.464 e. The first-order valence-corrected chi connectivity index (χ1v) is 9.15. The molecule has 5 nitrogen and oxygen atoms in total. The summed E-state index contributed by atoms with van der Waals surface area (Å²) in [5.74, 6) is -0.0352. The molecule has 1 aromatic carbocycles. The van der Waals surface area contributed by atoms with Gasteiger partial charge in [0.25, 0.3) is 0 Å². The molecule has 1 heterocycles. The minimum atomic E-state index is -0.907. The van der Waals surface area contributed by atoms with Gasteiger partial charge in [0, 0.05) is 6.54 Å². The smallest absolute Gasteiger partial charge is 0.411 e. The van der Waals surface area contributed by atoms with Crippen molar-refractivity contribution in [1.29, 1.82) is 0 Å². The predicted molar refractivity (Wildman–Crippen MR) is 96.0 cm³/mol. The van der Waals surface area contributed by atoms with E-state index in [9.17, 15) is 9.59 Å². The van der Waals surface area contributed by atoms with Gasteiger partial charge in [-0.3, -0.25) is 4.90 Å². The Morgan fingerprint density at radius 2 is 1.88 bits per heavy atom. The Kier molecular flexibility index (Phi) is 6.85. The quantitative estimate of drug-likeness (QED) is 0.725. The lowest BCUT2D eigenvalue weighted by Crippen LogP contribution is -2.60. The number of carbonyl (C=O) groups is 2. The van der Waals surface area contributed by atoms with Crippen LogP contribution in [0.15, 0.2) is 30.3 Å². The van der Waals surface area contributed by atoms with Crippen molar-refractivity contribution in [2.45, 2.75) is 58.6 Å². The molecule has 138 valence electrons. The number of carbonyl (C=O) groups excluding carboxylic acids is 2. The van der Waals surface area contributed by atoms with E-state index in [4.69, 9.17) is 9.47 Å². The Morgan fingerprint density at radius 1 is 1.16 bits per heavy atom. The highest BCUT2D eigenvalue weighted by Crippen LogP contribution is 2.36. The molecule has 1 aliphatic rings. The van der Waals surface area contributed by atoms with Crippen LogP contribution < -0.4 is 0 Å². The lowest BCUT2D eigenvalue weighted by Gasteiger charge is -2.45. The predicted octanol–water partition coefficient (Wildman–Crippen LogP) is 4.16. The van der Waals surface area contributed by atoms with Gasteiger partial charge in [-0.1, -0.05) is 44.2 Å². The Bertz CT molecular complexity index is 572. The number of hydrogen-bond acceptors (Lipinski definition) is 4. The van der Waals surface area contributed by atoms with Crippen molar-refractivity contribution in [3.63, 3.8) is 0 Å². The van der Waals surface area contributed by atoms with E-state index in [2.05, 4.69) is 13.8 Å². The van der Waals surface area contributed by atoms with E-state index in [1.54, 1.807) is 11.8 Å². The van der Waals surface area contributed by atoms with Gasteiger partial charge in [-0.25, -0.2) is 9.59 Å². The lowest BCUT2D eigenvalue weighted by molar-refractivity contribution is -0.160. The van der Waals surface area contributed by atoms with Crippen molar-refractivity contribution in [3.05, 3.63) is 35.9 Å². The van der Waals surface area contributed by atoms with Gasteiger partial charge in [-0.2, -0.15) is 0 Å². The van der Waals surface area contributed by atoms with Gasteiger partial charge in [-0.05, 0) is 44.1 Å². The second-order valence-electron chi connectivity index (χ2n) is 7.00. The van der Waals surface area contributed by atoms with Crippen LogP contribution in [0.1, 0.15) is 52.0 Å². The number of esters is 1. The average molecular weight is 347 g/mol. The zero-order valence-corrected chi connectivity index (χ0v) is 15.5. The third kappa shape index (κ3) is 4.74. The fourth-order valence-corrected chi connectivity index (χ4v) is 3.55. The summed E-state index contributed by atoms with van der Waals surface area (Å²) in [4.78, 5) is 27.2. The number of amides is 1. The fraction of sp³-hybridized carbons (Fsp3) is 0.600. The average Bonchev–Trinajstić information content (AvgIpc) is 2.60. The zero-order chi connectivity index (χ0) is 18.3. The van der Waals surface area contributed by atoms with Crippen LogP contribution in [0.5, 0.6) is 0 Å². The number of likely N-dealkylation sites (tertiary alicyclic amines) is 1. The van der Waals surface area contributed by atoms with E-state index in [1.165, 1.54) is 0 Å². The maximum absolute atomic E-state index is 12.8. The Hall–Kier alpha value is -2.04. The molecule has 1 fully saturated rings. The molecule has 0 radical (unpaired) electrons. The number of benzene rings is 1. The molecular weight excluding hydrogens is 318 g/mol. The summed E-state index contributed by atoms with van der Waals surface area (Å²) in [7, 11) is 0. The first-order valence-electron chi connectivity index (χ1n) is 9.15. The second kappa shape index (κ2) is 8.88. The van der Waals surface area contributed by atoms with Crippen molar-refractivity contribution >= 4 is 12.1 Å². The van der Waals surface area contributed by atoms with Gasteiger partial charge in [0.05, 0.1) is 6.61 Å². The topological polar surface area (TPSA) is 55.8 Å². The zero-order valence-electron chi connectivity index (χ0n) is 15.5. The van der Waals surface area contributed by atoms with Crippen molar-refractivity contribution in [1.82, 2.24) is 4.90 Å². The van der Waals surface area contributed by atoms with E-state index in [0.717, 1.165) is 18.4 Å². The summed E-state index contributed by atoms with van der Waals surface area (Å²) in [5.41, 5.74) is 0.0226. The summed E-state index contributed by atoms with van der Waals surface area (Å²) in [6.07, 6.45) is 2.57. The highest BCUT2D eigenvalue weighted by atomic mass is 16.6. The molecule has 25 heavy (non-hydrogen) atoms. The first-order chi connectivity index (χ1) is 12.0. The number of piperidine rings is 1. The normalized spacial score (nSPS) is 20.4. The fourth-order valence-electron chi connectivity index (χ4n) is 3.55. The third-order valence-corrected chi connectivity index (χ3v) is 4.57. The highest BCUT2D eigenvalue weighted by molar-refractivity contribution is 5.86. The van der Waals surface area contributed by atoms with Gasteiger partial charge >= 0.3 is 12.1 Å². The van der Waals surface area contributed by atoms with E-state index >= 15 is 0 Å². The van der Waals surface area contributed by atoms with Crippen LogP contribution in [0.4, 0.5) is 4.79 Å². The van der Waals surface area contributed by atoms with Crippen molar-refractivity contribution in [3.8, 4) is 0 Å². The molecule has 0 saturated carbocycles. The molecular formula is C20H29NO4. The first kappa shape index (κ1) is 19.3. The third-order valence-electron chi connectivity index (χ3n) is 4.57. The van der Waals surface area contributed by atoms with E-state index in [-0.39, 0.29) is 18.5 Å². The SMILES string of the molecule is CCOC(=O)[C@@]1(CC(C)C)CCCCN1C(=O)OCc1ccccc1. The Labute approximate surface area is 150 Å². The molecule has 2 rings (SSSR count). The molecule has 0 bridgehead atoms. The minimum absolute atomic E-state index is 0.205. The molecule has 1 saturated heterocycles. The molecule has 5 heteroatoms. The molecule has 1 aliphatic heterocycles. The van der Waals surface area contributed by atoms with Crippen molar-refractivity contribution in [2.75, 3.05) is 13.2 Å². The van der Waals surface area contributed by atoms with Crippen LogP contribution in [0, 0.1) is 5.92 Å². The van der Waals surface area contributed by atoms with E-state index in [0.29, 0.717) is 26.0 Å². The maximum Gasteiger partial charge on any atom is 0.411 e. The van der Waals surface area contributed by atoms with Gasteiger partial charge in [0.1, 0.15) is 12.1 Å². The largest absolute Gasteiger partial charge is 0.464 e. The van der Waals surface area contributed by atoms with Crippen LogP contribution >= 0.6 is 0 Å². The molecule has 0 aliphatic carbocycles. The van der Waals surface area contributed by atoms with E-state index in [1.807, 2.05) is 30.3 Å². The summed E-state index contributed by atoms with van der Waals surface area (Å²) in [5, 5.41) is 0. The van der Waals surface area contributed by atoms with Gasteiger partial charge in [0.15, 0.2) is 0 Å². The number of rotatable bonds is 6. The highest BCUT2D eigenvalue weighted by Gasteiger charge is 2.50. The molecule has 0 N–H and O–H groups in total. The summed E-state index contributed by atoms with van der Waals surface area (Å²) < 4.78 is 10.9. The molecule has 1 atom stereocenters. The number of nitrogens with zero attached hydrogens (tertiary/aromatic N) is 1. The standard InChI is InChI=1S/C20H29NO4/c1-4-24-18(22)20(14-16(2)3)12-8-9-13-21(20)19(23)25-15-17-10-6-5-7-11-17/h5-7,10-11,16H,4,8-9,12-15H2,1-3H3/t20-/m0/s1. The molecule has 0 aromatic heterocycles. The Morgan fingerprint density at radius 3 is 2.52 bits per heavy atom. The van der Waals surface area contributed by atoms with E-state index < -0.39 is 11.6 Å². The molecule has 1 aromatic rings. The maximum atomic E-state index is 12.8. The molecule has 0 unspecified atom stereocenters. The van der Waals surface area contributed by atoms with Gasteiger partial charge in [-0.15, -0.1) is 0 Å². The Balaban J connectivity index is 2.17. The van der Waals surface area contributed by atoms with Gasteiger partial charge in [0.2, 0.25) is 0 Å². The second-order valence-corrected chi connectivity index (χ2v) is 7.00. The van der Waals surface area contributed by atoms with Crippen LogP contribution in [0.25, 0.3) is 0 Å². The summed E-state index contributed by atoms with van der Waals surface area (Å²) in [6.45, 7) is 6.95. The summed E-state index contributed by atoms with van der Waals surface area (Å²) >= 11 is 0. The monoisotopic (exact) mass is 347 g/mol. The van der Waals surface area contributed by atoms with Crippen LogP contribution in [-0.4, -0.2) is 35.7 Å². The van der Waals surface area contributed by atoms with Gasteiger partial charge < -0.3 is 9.47 Å². The van der Waals surface area contributed by atoms with Crippen LogP contribution in [-0.2, 0) is 20.9 Å². The molecule has 0 spiro atoms. The van der Waals surface area contributed by atoms with Crippen LogP contribution in [0.3, 0.4) is 0 Å². The summed E-state index contributed by atoms with van der Waals surface area (Å²) in [6, 6.07) is 9.56.